The van der Waals surface area contributed by atoms with Crippen molar-refractivity contribution in [1.29, 1.82) is 0 Å². The van der Waals surface area contributed by atoms with E-state index in [1.54, 1.807) is 0 Å². The third-order valence-electron chi connectivity index (χ3n) is 7.02. The van der Waals surface area contributed by atoms with E-state index in [9.17, 15) is 14.4 Å². The van der Waals surface area contributed by atoms with Gasteiger partial charge in [-0.25, -0.2) is 9.59 Å². The number of imide groups is 1. The molecule has 3 aliphatic rings. The Labute approximate surface area is 178 Å². The number of amides is 3. The highest BCUT2D eigenvalue weighted by molar-refractivity contribution is 6.08. The fraction of sp³-hybridized carbons (Fsp3) is 0.320. The lowest BCUT2D eigenvalue weighted by Gasteiger charge is -2.33. The highest BCUT2D eigenvalue weighted by Crippen LogP contribution is 2.40. The molecule has 1 aliphatic heterocycles. The molecular weight excluding hydrogens is 392 g/mol. The number of hydrogen-bond donors (Lipinski definition) is 1. The topological polar surface area (TPSA) is 79.6 Å². The molecule has 3 aromatic rings. The second-order valence-electron chi connectivity index (χ2n) is 8.80. The summed E-state index contributed by atoms with van der Waals surface area (Å²) in [5, 5.41) is 3.78. The summed E-state index contributed by atoms with van der Waals surface area (Å²) in [4.78, 5) is 40.1. The van der Waals surface area contributed by atoms with E-state index >= 15 is 0 Å². The summed E-state index contributed by atoms with van der Waals surface area (Å²) >= 11 is 0. The first-order valence-corrected chi connectivity index (χ1v) is 10.9. The van der Waals surface area contributed by atoms with Crippen LogP contribution in [0.15, 0.2) is 51.7 Å². The van der Waals surface area contributed by atoms with E-state index in [4.69, 9.17) is 4.42 Å². The van der Waals surface area contributed by atoms with Crippen molar-refractivity contribution >= 4 is 22.9 Å². The molecule has 1 aromatic heterocycles. The minimum absolute atomic E-state index is 0.0511. The molecule has 0 saturated carbocycles. The first-order chi connectivity index (χ1) is 15.0. The Balaban J connectivity index is 1.42. The van der Waals surface area contributed by atoms with Crippen LogP contribution in [-0.2, 0) is 36.1 Å². The number of carbonyl (C=O) groups is 2. The van der Waals surface area contributed by atoms with Crippen molar-refractivity contribution in [2.75, 3.05) is 0 Å². The Morgan fingerprint density at radius 2 is 1.71 bits per heavy atom. The molecule has 6 nitrogen and oxygen atoms in total. The molecule has 6 rings (SSSR count). The molecule has 0 bridgehead atoms. The van der Waals surface area contributed by atoms with E-state index in [1.807, 2.05) is 30.3 Å². The smallest absolute Gasteiger partial charge is 0.336 e. The van der Waals surface area contributed by atoms with Crippen LogP contribution in [0.3, 0.4) is 0 Å². The third kappa shape index (κ3) is 2.67. The molecular formula is C25H22N2O4. The van der Waals surface area contributed by atoms with Crippen molar-refractivity contribution in [3.8, 4) is 0 Å². The number of urea groups is 1. The monoisotopic (exact) mass is 414 g/mol. The lowest BCUT2D eigenvalue weighted by atomic mass is 9.76. The Morgan fingerprint density at radius 1 is 0.935 bits per heavy atom. The van der Waals surface area contributed by atoms with Gasteiger partial charge < -0.3 is 9.73 Å². The van der Waals surface area contributed by atoms with Gasteiger partial charge in [-0.3, -0.25) is 9.69 Å². The van der Waals surface area contributed by atoms with Crippen molar-refractivity contribution in [2.45, 2.75) is 50.6 Å². The third-order valence-corrected chi connectivity index (χ3v) is 7.02. The highest BCUT2D eigenvalue weighted by atomic mass is 16.4. The number of aryl methyl sites for hydroxylation is 3. The van der Waals surface area contributed by atoms with Crippen LogP contribution in [0.4, 0.5) is 4.79 Å². The van der Waals surface area contributed by atoms with Gasteiger partial charge in [0, 0.05) is 11.5 Å². The van der Waals surface area contributed by atoms with Gasteiger partial charge in [-0.1, -0.05) is 24.3 Å². The molecule has 1 atom stereocenters. The van der Waals surface area contributed by atoms with Gasteiger partial charge in [0.1, 0.15) is 11.1 Å². The summed E-state index contributed by atoms with van der Waals surface area (Å²) in [6.45, 7) is 0.0511. The molecule has 3 amide bonds. The van der Waals surface area contributed by atoms with E-state index in [-0.39, 0.29) is 12.5 Å². The zero-order chi connectivity index (χ0) is 21.2. The molecule has 31 heavy (non-hydrogen) atoms. The zero-order valence-corrected chi connectivity index (χ0v) is 17.1. The molecule has 0 radical (unpaired) electrons. The lowest BCUT2D eigenvalue weighted by molar-refractivity contribution is -0.132. The van der Waals surface area contributed by atoms with Crippen LogP contribution in [0.1, 0.15) is 47.1 Å². The van der Waals surface area contributed by atoms with Crippen molar-refractivity contribution < 1.29 is 14.0 Å². The summed E-state index contributed by atoms with van der Waals surface area (Å²) in [5.41, 5.74) is 4.13. The van der Waals surface area contributed by atoms with Gasteiger partial charge in [-0.2, -0.15) is 0 Å². The summed E-state index contributed by atoms with van der Waals surface area (Å²) in [5.74, 6) is -0.243. The normalized spacial score (nSPS) is 22.1. The van der Waals surface area contributed by atoms with Crippen molar-refractivity contribution in [2.24, 2.45) is 0 Å². The Bertz CT molecular complexity index is 1320. The van der Waals surface area contributed by atoms with Crippen LogP contribution < -0.4 is 10.9 Å². The van der Waals surface area contributed by atoms with E-state index in [2.05, 4.69) is 11.4 Å². The molecule has 6 heteroatoms. The Hall–Kier alpha value is -3.41. The fourth-order valence-electron chi connectivity index (χ4n) is 5.55. The maximum absolute atomic E-state index is 13.6. The number of benzene rings is 2. The largest absolute Gasteiger partial charge is 0.423 e. The molecule has 156 valence electrons. The van der Waals surface area contributed by atoms with Crippen LogP contribution in [0, 0.1) is 0 Å². The molecule has 2 heterocycles. The lowest BCUT2D eigenvalue weighted by Crippen LogP contribution is -2.46. The van der Waals surface area contributed by atoms with E-state index in [0.717, 1.165) is 48.6 Å². The first kappa shape index (κ1) is 18.4. The van der Waals surface area contributed by atoms with Gasteiger partial charge in [-0.05, 0) is 78.5 Å². The Kier molecular flexibility index (Phi) is 3.88. The van der Waals surface area contributed by atoms with E-state index in [1.165, 1.54) is 22.1 Å². The Morgan fingerprint density at radius 3 is 2.58 bits per heavy atom. The molecule has 2 aromatic carbocycles. The van der Waals surface area contributed by atoms with Crippen LogP contribution in [-0.4, -0.2) is 16.8 Å². The van der Waals surface area contributed by atoms with Gasteiger partial charge in [0.05, 0.1) is 6.54 Å². The predicted molar refractivity (Wildman–Crippen MR) is 115 cm³/mol. The molecule has 1 N–H and O–H groups in total. The summed E-state index contributed by atoms with van der Waals surface area (Å²) < 4.78 is 5.44. The molecule has 1 saturated heterocycles. The molecule has 1 unspecified atom stereocenters. The van der Waals surface area contributed by atoms with Crippen LogP contribution in [0.5, 0.6) is 0 Å². The van der Waals surface area contributed by atoms with Gasteiger partial charge in [0.2, 0.25) is 0 Å². The fourth-order valence-corrected chi connectivity index (χ4v) is 5.55. The molecule has 2 aliphatic carbocycles. The average Bonchev–Trinajstić information content (AvgIpc) is 3.31. The minimum atomic E-state index is -1.01. The quantitative estimate of drug-likeness (QED) is 0.514. The predicted octanol–water partition coefficient (Wildman–Crippen LogP) is 3.57. The number of nitrogens with zero attached hydrogens (tertiary/aromatic N) is 1. The zero-order valence-electron chi connectivity index (χ0n) is 17.1. The SMILES string of the molecule is O=C1NC2(CCCc3ccccc32)C(=O)N1Cc1cc(=O)oc2cc3c(cc12)CCC3. The van der Waals surface area contributed by atoms with Crippen molar-refractivity contribution in [3.05, 3.63) is 80.7 Å². The van der Waals surface area contributed by atoms with Crippen molar-refractivity contribution in [3.63, 3.8) is 0 Å². The molecule has 1 fully saturated rings. The van der Waals surface area contributed by atoms with Crippen LogP contribution >= 0.6 is 0 Å². The molecule has 1 spiro atoms. The van der Waals surface area contributed by atoms with E-state index < -0.39 is 17.2 Å². The standard InChI is InChI=1S/C25H22N2O4/c28-22-13-18(19-11-16-6-3-7-17(16)12-21(19)31-22)14-27-23(29)25(26-24(27)30)10-4-8-15-5-1-2-9-20(15)25/h1-2,5,9,11-13H,3-4,6-8,10,14H2,(H,26,30). The van der Waals surface area contributed by atoms with Gasteiger partial charge >= 0.3 is 11.7 Å². The summed E-state index contributed by atoms with van der Waals surface area (Å²) in [6, 6.07) is 12.8. The van der Waals surface area contributed by atoms with Crippen molar-refractivity contribution in [1.82, 2.24) is 10.2 Å². The van der Waals surface area contributed by atoms with Crippen LogP contribution in [0.25, 0.3) is 11.0 Å². The number of fused-ring (bicyclic) bond motifs is 4. The number of hydrogen-bond acceptors (Lipinski definition) is 4. The highest BCUT2D eigenvalue weighted by Gasteiger charge is 2.53. The first-order valence-electron chi connectivity index (χ1n) is 10.9. The number of nitrogens with one attached hydrogen (secondary N) is 1. The maximum Gasteiger partial charge on any atom is 0.336 e. The summed E-state index contributed by atoms with van der Waals surface area (Å²) in [7, 11) is 0. The average molecular weight is 414 g/mol. The van der Waals surface area contributed by atoms with Gasteiger partial charge in [0.25, 0.3) is 5.91 Å². The van der Waals surface area contributed by atoms with Crippen LogP contribution in [0.2, 0.25) is 0 Å². The maximum atomic E-state index is 13.6. The number of rotatable bonds is 2. The minimum Gasteiger partial charge on any atom is -0.423 e. The van der Waals surface area contributed by atoms with E-state index in [0.29, 0.717) is 17.6 Å². The number of carbonyl (C=O) groups excluding carboxylic acids is 2. The second-order valence-corrected chi connectivity index (χ2v) is 8.80. The van der Waals surface area contributed by atoms with Gasteiger partial charge in [0.15, 0.2) is 0 Å². The van der Waals surface area contributed by atoms with Gasteiger partial charge in [-0.15, -0.1) is 0 Å². The summed E-state index contributed by atoms with van der Waals surface area (Å²) in [6.07, 6.45) is 5.37. The second kappa shape index (κ2) is 6.54.